The van der Waals surface area contributed by atoms with Gasteiger partial charge in [-0.1, -0.05) is 19.0 Å². The molecule has 8 heteroatoms. The first-order valence-electron chi connectivity index (χ1n) is 7.57. The van der Waals surface area contributed by atoms with Crippen molar-refractivity contribution < 1.29 is 9.32 Å². The number of aryl methyl sites for hydroxylation is 1. The predicted octanol–water partition coefficient (Wildman–Crippen LogP) is 1.75. The van der Waals surface area contributed by atoms with Gasteiger partial charge in [0.05, 0.1) is 6.20 Å². The maximum Gasteiger partial charge on any atom is 0.257 e. The van der Waals surface area contributed by atoms with Gasteiger partial charge in [-0.15, -0.1) is 0 Å². The maximum atomic E-state index is 12.5. The number of amides is 1. The van der Waals surface area contributed by atoms with Crippen molar-refractivity contribution >= 4 is 11.6 Å². The molecule has 1 atom stereocenters. The molecule has 3 rings (SSSR count). The third-order valence-corrected chi connectivity index (χ3v) is 3.57. The van der Waals surface area contributed by atoms with Gasteiger partial charge in [0.2, 0.25) is 5.89 Å². The normalized spacial score (nSPS) is 12.9. The van der Waals surface area contributed by atoms with Gasteiger partial charge >= 0.3 is 0 Å². The first-order chi connectivity index (χ1) is 11.0. The lowest BCUT2D eigenvalue weighted by atomic mass is 10.1. The van der Waals surface area contributed by atoms with E-state index in [1.165, 1.54) is 0 Å². The molecule has 0 aliphatic heterocycles. The molecule has 0 aromatic carbocycles. The van der Waals surface area contributed by atoms with Gasteiger partial charge in [0.15, 0.2) is 5.82 Å². The Morgan fingerprint density at radius 2 is 2.13 bits per heavy atom. The SMILES string of the molecule is CC(C)Cc1noc([C@@H](C)NC(=O)c2cnn3ccn(C)c23)n1. The summed E-state index contributed by atoms with van der Waals surface area (Å²) >= 11 is 0. The van der Waals surface area contributed by atoms with Crippen LogP contribution in [-0.2, 0) is 13.5 Å². The molecule has 3 aromatic heterocycles. The van der Waals surface area contributed by atoms with E-state index in [1.54, 1.807) is 16.9 Å². The summed E-state index contributed by atoms with van der Waals surface area (Å²) in [5.41, 5.74) is 1.24. The fourth-order valence-electron chi connectivity index (χ4n) is 2.44. The number of carbonyl (C=O) groups is 1. The van der Waals surface area contributed by atoms with E-state index in [-0.39, 0.29) is 11.9 Å². The van der Waals surface area contributed by atoms with Crippen LogP contribution in [-0.4, -0.2) is 30.2 Å². The van der Waals surface area contributed by atoms with E-state index in [9.17, 15) is 4.79 Å². The molecule has 1 amide bonds. The molecule has 0 saturated carbocycles. The highest BCUT2D eigenvalue weighted by atomic mass is 16.5. The van der Waals surface area contributed by atoms with Gasteiger partial charge in [-0.2, -0.15) is 10.1 Å². The smallest absolute Gasteiger partial charge is 0.257 e. The fourth-order valence-corrected chi connectivity index (χ4v) is 2.44. The molecule has 8 nitrogen and oxygen atoms in total. The summed E-state index contributed by atoms with van der Waals surface area (Å²) in [5, 5.41) is 11.0. The Labute approximate surface area is 133 Å². The Bertz CT molecular complexity index is 828. The quantitative estimate of drug-likeness (QED) is 0.774. The van der Waals surface area contributed by atoms with E-state index >= 15 is 0 Å². The highest BCUT2D eigenvalue weighted by molar-refractivity contribution is 5.99. The monoisotopic (exact) mass is 316 g/mol. The Morgan fingerprint density at radius 1 is 1.35 bits per heavy atom. The molecule has 0 bridgehead atoms. The molecular weight excluding hydrogens is 296 g/mol. The standard InChI is InChI=1S/C15H20N6O2/c1-9(2)7-12-18-14(23-19-12)10(3)17-13(22)11-8-16-21-6-5-20(4)15(11)21/h5-6,8-10H,7H2,1-4H3,(H,17,22)/t10-/m1/s1. The van der Waals surface area contributed by atoms with Crippen LogP contribution in [0.5, 0.6) is 0 Å². The summed E-state index contributed by atoms with van der Waals surface area (Å²) in [6.07, 6.45) is 5.94. The summed E-state index contributed by atoms with van der Waals surface area (Å²) < 4.78 is 8.75. The van der Waals surface area contributed by atoms with E-state index in [1.807, 2.05) is 24.7 Å². The Hall–Kier alpha value is -2.64. The van der Waals surface area contributed by atoms with Crippen molar-refractivity contribution in [3.05, 3.63) is 35.9 Å². The van der Waals surface area contributed by atoms with Crippen LogP contribution < -0.4 is 5.32 Å². The number of aromatic nitrogens is 5. The minimum absolute atomic E-state index is 0.224. The molecule has 122 valence electrons. The second-order valence-electron chi connectivity index (χ2n) is 6.08. The number of hydrogen-bond donors (Lipinski definition) is 1. The lowest BCUT2D eigenvalue weighted by molar-refractivity contribution is 0.0934. The largest absolute Gasteiger partial charge is 0.340 e. The predicted molar refractivity (Wildman–Crippen MR) is 82.9 cm³/mol. The first-order valence-corrected chi connectivity index (χ1v) is 7.57. The van der Waals surface area contributed by atoms with Crippen LogP contribution in [0.3, 0.4) is 0 Å². The van der Waals surface area contributed by atoms with Crippen LogP contribution in [0, 0.1) is 5.92 Å². The van der Waals surface area contributed by atoms with Crippen LogP contribution in [0.25, 0.3) is 5.65 Å². The molecule has 23 heavy (non-hydrogen) atoms. The van der Waals surface area contributed by atoms with Crippen LogP contribution >= 0.6 is 0 Å². The van der Waals surface area contributed by atoms with Crippen molar-refractivity contribution in [1.82, 2.24) is 29.6 Å². The molecule has 3 aromatic rings. The maximum absolute atomic E-state index is 12.5. The molecule has 0 spiro atoms. The summed E-state index contributed by atoms with van der Waals surface area (Å²) in [7, 11) is 1.87. The first kappa shape index (κ1) is 15.3. The lowest BCUT2D eigenvalue weighted by Crippen LogP contribution is -2.27. The van der Waals surface area contributed by atoms with Gasteiger partial charge in [0.1, 0.15) is 17.3 Å². The Kier molecular flexibility index (Phi) is 3.89. The van der Waals surface area contributed by atoms with E-state index in [4.69, 9.17) is 4.52 Å². The zero-order chi connectivity index (χ0) is 16.6. The Balaban J connectivity index is 1.74. The average molecular weight is 316 g/mol. The van der Waals surface area contributed by atoms with Crippen molar-refractivity contribution in [2.45, 2.75) is 33.2 Å². The third-order valence-electron chi connectivity index (χ3n) is 3.57. The van der Waals surface area contributed by atoms with E-state index in [2.05, 4.69) is 34.4 Å². The van der Waals surface area contributed by atoms with Crippen LogP contribution in [0.2, 0.25) is 0 Å². The molecular formula is C15H20N6O2. The lowest BCUT2D eigenvalue weighted by Gasteiger charge is -2.08. The summed E-state index contributed by atoms with van der Waals surface area (Å²) in [6.45, 7) is 6.00. The number of rotatable bonds is 5. The number of carbonyl (C=O) groups excluding carboxylic acids is 1. The van der Waals surface area contributed by atoms with Gasteiger partial charge in [-0.25, -0.2) is 4.52 Å². The minimum atomic E-state index is -0.369. The van der Waals surface area contributed by atoms with Crippen molar-refractivity contribution in [2.24, 2.45) is 13.0 Å². The van der Waals surface area contributed by atoms with Crippen LogP contribution in [0.4, 0.5) is 0 Å². The topological polar surface area (TPSA) is 90.3 Å². The van der Waals surface area contributed by atoms with Gasteiger partial charge in [-0.05, 0) is 12.8 Å². The Morgan fingerprint density at radius 3 is 2.87 bits per heavy atom. The molecule has 0 saturated heterocycles. The second-order valence-corrected chi connectivity index (χ2v) is 6.08. The van der Waals surface area contributed by atoms with Crippen LogP contribution in [0.15, 0.2) is 23.1 Å². The van der Waals surface area contributed by atoms with Crippen molar-refractivity contribution in [1.29, 1.82) is 0 Å². The second kappa shape index (κ2) is 5.86. The summed E-state index contributed by atoms with van der Waals surface area (Å²) in [5.74, 6) is 1.29. The molecule has 0 fully saturated rings. The van der Waals surface area contributed by atoms with Gasteiger partial charge < -0.3 is 14.4 Å². The van der Waals surface area contributed by atoms with Crippen LogP contribution in [0.1, 0.15) is 48.9 Å². The molecule has 0 aliphatic rings. The number of imidazole rings is 1. The third kappa shape index (κ3) is 2.96. The van der Waals surface area contributed by atoms with E-state index in [0.717, 1.165) is 12.1 Å². The molecule has 3 heterocycles. The molecule has 1 N–H and O–H groups in total. The zero-order valence-corrected chi connectivity index (χ0v) is 13.6. The average Bonchev–Trinajstić information content (AvgIpc) is 3.16. The number of nitrogens with zero attached hydrogens (tertiary/aromatic N) is 5. The van der Waals surface area contributed by atoms with Crippen molar-refractivity contribution in [3.63, 3.8) is 0 Å². The van der Waals surface area contributed by atoms with Crippen molar-refractivity contribution in [2.75, 3.05) is 0 Å². The van der Waals surface area contributed by atoms with Gasteiger partial charge in [0.25, 0.3) is 5.91 Å². The number of hydrogen-bond acceptors (Lipinski definition) is 5. The van der Waals surface area contributed by atoms with Crippen molar-refractivity contribution in [3.8, 4) is 0 Å². The highest BCUT2D eigenvalue weighted by Gasteiger charge is 2.21. The molecule has 0 aliphatic carbocycles. The number of nitrogens with one attached hydrogen (secondary N) is 1. The van der Waals surface area contributed by atoms with Gasteiger partial charge in [-0.3, -0.25) is 4.79 Å². The fraction of sp³-hybridized carbons (Fsp3) is 0.467. The molecule has 0 radical (unpaired) electrons. The molecule has 0 unspecified atom stereocenters. The zero-order valence-electron chi connectivity index (χ0n) is 13.6. The van der Waals surface area contributed by atoms with E-state index in [0.29, 0.717) is 23.2 Å². The number of fused-ring (bicyclic) bond motifs is 1. The summed E-state index contributed by atoms with van der Waals surface area (Å²) in [4.78, 5) is 16.8. The summed E-state index contributed by atoms with van der Waals surface area (Å²) in [6, 6.07) is -0.369. The van der Waals surface area contributed by atoms with E-state index < -0.39 is 0 Å². The van der Waals surface area contributed by atoms with Gasteiger partial charge in [0, 0.05) is 25.9 Å². The highest BCUT2D eigenvalue weighted by Crippen LogP contribution is 2.15. The minimum Gasteiger partial charge on any atom is -0.340 e.